The number of fused-ring (bicyclic) bond motifs is 1. The lowest BCUT2D eigenvalue weighted by Crippen LogP contribution is -2.28. The minimum atomic E-state index is 0.671. The Labute approximate surface area is 83.9 Å². The van der Waals surface area contributed by atoms with Crippen LogP contribution in [0.15, 0.2) is 24.3 Å². The summed E-state index contributed by atoms with van der Waals surface area (Å²) in [4.78, 5) is 0. The van der Waals surface area contributed by atoms with Crippen LogP contribution in [0.4, 0.5) is 0 Å². The smallest absolute Gasteiger partial charge is 0.0417 e. The molecule has 0 aliphatic heterocycles. The van der Waals surface area contributed by atoms with Crippen molar-refractivity contribution in [3.8, 4) is 0 Å². The fourth-order valence-corrected chi connectivity index (χ4v) is 2.31. The Balaban J connectivity index is 1.97. The van der Waals surface area contributed by atoms with Crippen LogP contribution in [0.5, 0.6) is 0 Å². The molecule has 70 valence electrons. The highest BCUT2D eigenvalue weighted by atomic mass is 32.2. The molecule has 1 aromatic rings. The van der Waals surface area contributed by atoms with Crippen LogP contribution in [0.1, 0.15) is 11.1 Å². The van der Waals surface area contributed by atoms with E-state index in [2.05, 4.69) is 35.8 Å². The van der Waals surface area contributed by atoms with Crippen LogP contribution in [-0.4, -0.2) is 18.2 Å². The van der Waals surface area contributed by atoms with Gasteiger partial charge in [0.15, 0.2) is 0 Å². The Morgan fingerprint density at radius 2 is 1.92 bits per heavy atom. The summed E-state index contributed by atoms with van der Waals surface area (Å²) in [7, 11) is 0. The zero-order chi connectivity index (χ0) is 9.10. The van der Waals surface area contributed by atoms with Gasteiger partial charge < -0.3 is 5.32 Å². The first kappa shape index (κ1) is 9.10. The number of benzene rings is 1. The van der Waals surface area contributed by atoms with Crippen LogP contribution in [0.2, 0.25) is 0 Å². The second-order valence-electron chi connectivity index (χ2n) is 3.51. The van der Waals surface area contributed by atoms with Gasteiger partial charge in [-0.25, -0.2) is 0 Å². The summed E-state index contributed by atoms with van der Waals surface area (Å²) >= 11 is 1.86. The molecule has 0 heterocycles. The summed E-state index contributed by atoms with van der Waals surface area (Å²) < 4.78 is 0. The van der Waals surface area contributed by atoms with E-state index in [1.165, 1.54) is 24.0 Å². The van der Waals surface area contributed by atoms with Crippen LogP contribution in [0.25, 0.3) is 0 Å². The molecule has 0 radical (unpaired) electrons. The van der Waals surface area contributed by atoms with E-state index < -0.39 is 0 Å². The standard InChI is InChI=1S/C11H15NS/c1-13-8-12-11-6-9-4-2-3-5-10(9)7-11/h2-5,11-12H,6-8H2,1H3. The Morgan fingerprint density at radius 3 is 2.46 bits per heavy atom. The molecule has 1 aliphatic carbocycles. The van der Waals surface area contributed by atoms with Gasteiger partial charge in [0.05, 0.1) is 0 Å². The summed E-state index contributed by atoms with van der Waals surface area (Å²) in [6.07, 6.45) is 4.54. The normalized spacial score (nSPS) is 16.1. The van der Waals surface area contributed by atoms with Crippen molar-refractivity contribution in [2.45, 2.75) is 18.9 Å². The van der Waals surface area contributed by atoms with Crippen LogP contribution < -0.4 is 5.32 Å². The molecule has 0 atom stereocenters. The number of hydrogen-bond acceptors (Lipinski definition) is 2. The minimum absolute atomic E-state index is 0.671. The summed E-state index contributed by atoms with van der Waals surface area (Å²) in [5.41, 5.74) is 3.06. The molecule has 1 N–H and O–H groups in total. The first-order valence-electron chi connectivity index (χ1n) is 4.69. The average Bonchev–Trinajstić information content (AvgIpc) is 2.57. The average molecular weight is 193 g/mol. The van der Waals surface area contributed by atoms with Crippen LogP contribution in [0, 0.1) is 0 Å². The fourth-order valence-electron chi connectivity index (χ4n) is 1.90. The van der Waals surface area contributed by atoms with Gasteiger partial charge in [-0.05, 0) is 30.2 Å². The van der Waals surface area contributed by atoms with Crippen molar-refractivity contribution in [2.75, 3.05) is 12.1 Å². The highest BCUT2D eigenvalue weighted by molar-refractivity contribution is 7.98. The van der Waals surface area contributed by atoms with E-state index in [0.29, 0.717) is 6.04 Å². The molecule has 0 aromatic heterocycles. The molecule has 0 spiro atoms. The molecule has 0 fully saturated rings. The first-order chi connectivity index (χ1) is 6.40. The van der Waals surface area contributed by atoms with Gasteiger partial charge in [0.25, 0.3) is 0 Å². The molecule has 13 heavy (non-hydrogen) atoms. The van der Waals surface area contributed by atoms with E-state index >= 15 is 0 Å². The Kier molecular flexibility index (Phi) is 2.91. The van der Waals surface area contributed by atoms with Gasteiger partial charge in [-0.1, -0.05) is 24.3 Å². The summed E-state index contributed by atoms with van der Waals surface area (Å²) in [6.45, 7) is 0. The monoisotopic (exact) mass is 193 g/mol. The molecule has 0 bridgehead atoms. The number of nitrogens with one attached hydrogen (secondary N) is 1. The molecule has 1 aromatic carbocycles. The van der Waals surface area contributed by atoms with Gasteiger partial charge in [-0.15, -0.1) is 11.8 Å². The number of hydrogen-bond donors (Lipinski definition) is 1. The molecular weight excluding hydrogens is 178 g/mol. The van der Waals surface area contributed by atoms with Gasteiger partial charge in [0.1, 0.15) is 0 Å². The van der Waals surface area contributed by atoms with Gasteiger partial charge >= 0.3 is 0 Å². The third-order valence-corrected chi connectivity index (χ3v) is 3.02. The van der Waals surface area contributed by atoms with Crippen LogP contribution in [0.3, 0.4) is 0 Å². The van der Waals surface area contributed by atoms with Crippen molar-refractivity contribution < 1.29 is 0 Å². The van der Waals surface area contributed by atoms with Crippen molar-refractivity contribution in [3.63, 3.8) is 0 Å². The molecule has 0 saturated heterocycles. The topological polar surface area (TPSA) is 12.0 Å². The van der Waals surface area contributed by atoms with Crippen molar-refractivity contribution in [3.05, 3.63) is 35.4 Å². The number of thioether (sulfide) groups is 1. The third kappa shape index (κ3) is 2.06. The fraction of sp³-hybridized carbons (Fsp3) is 0.455. The third-order valence-electron chi connectivity index (χ3n) is 2.57. The number of rotatable bonds is 3. The minimum Gasteiger partial charge on any atom is -0.304 e. The molecular formula is C11H15NS. The zero-order valence-electron chi connectivity index (χ0n) is 7.92. The Morgan fingerprint density at radius 1 is 1.31 bits per heavy atom. The Bertz CT molecular complexity index is 260. The molecule has 2 heteroatoms. The summed E-state index contributed by atoms with van der Waals surface area (Å²) in [5.74, 6) is 1.07. The van der Waals surface area contributed by atoms with Crippen LogP contribution in [-0.2, 0) is 12.8 Å². The van der Waals surface area contributed by atoms with Gasteiger partial charge in [-0.2, -0.15) is 0 Å². The van der Waals surface area contributed by atoms with Crippen molar-refractivity contribution in [1.29, 1.82) is 0 Å². The maximum Gasteiger partial charge on any atom is 0.0417 e. The second-order valence-corrected chi connectivity index (χ2v) is 4.38. The van der Waals surface area contributed by atoms with E-state index in [4.69, 9.17) is 0 Å². The maximum absolute atomic E-state index is 3.54. The lowest BCUT2D eigenvalue weighted by molar-refractivity contribution is 0.583. The zero-order valence-corrected chi connectivity index (χ0v) is 8.73. The lowest BCUT2D eigenvalue weighted by Gasteiger charge is -2.09. The van der Waals surface area contributed by atoms with E-state index in [1.807, 2.05) is 11.8 Å². The van der Waals surface area contributed by atoms with Gasteiger partial charge in [-0.3, -0.25) is 0 Å². The van der Waals surface area contributed by atoms with Crippen molar-refractivity contribution in [2.24, 2.45) is 0 Å². The molecule has 1 nitrogen and oxygen atoms in total. The Hall–Kier alpha value is -0.470. The SMILES string of the molecule is CSCNC1Cc2ccccc2C1. The van der Waals surface area contributed by atoms with E-state index in [1.54, 1.807) is 0 Å². The van der Waals surface area contributed by atoms with E-state index in [9.17, 15) is 0 Å². The lowest BCUT2D eigenvalue weighted by atomic mass is 10.1. The summed E-state index contributed by atoms with van der Waals surface area (Å²) in [6, 6.07) is 9.43. The molecule has 1 aliphatic rings. The molecule has 2 rings (SSSR count). The molecule has 0 saturated carbocycles. The van der Waals surface area contributed by atoms with E-state index in [0.717, 1.165) is 5.88 Å². The van der Waals surface area contributed by atoms with Crippen LogP contribution >= 0.6 is 11.8 Å². The highest BCUT2D eigenvalue weighted by Crippen LogP contribution is 2.21. The first-order valence-corrected chi connectivity index (χ1v) is 6.08. The summed E-state index contributed by atoms with van der Waals surface area (Å²) in [5, 5.41) is 3.54. The van der Waals surface area contributed by atoms with Crippen molar-refractivity contribution >= 4 is 11.8 Å². The molecule has 0 unspecified atom stereocenters. The van der Waals surface area contributed by atoms with Gasteiger partial charge in [0.2, 0.25) is 0 Å². The van der Waals surface area contributed by atoms with E-state index in [-0.39, 0.29) is 0 Å². The van der Waals surface area contributed by atoms with Gasteiger partial charge in [0, 0.05) is 11.9 Å². The largest absolute Gasteiger partial charge is 0.304 e. The quantitative estimate of drug-likeness (QED) is 0.738. The predicted octanol–water partition coefficient (Wildman–Crippen LogP) is 2.06. The predicted molar refractivity (Wildman–Crippen MR) is 59.2 cm³/mol. The maximum atomic E-state index is 3.54. The second kappa shape index (κ2) is 4.16. The van der Waals surface area contributed by atoms with Crippen molar-refractivity contribution in [1.82, 2.24) is 5.32 Å². The molecule has 0 amide bonds. The highest BCUT2D eigenvalue weighted by Gasteiger charge is 2.19.